The third-order valence-electron chi connectivity index (χ3n) is 5.97. The van der Waals surface area contributed by atoms with Gasteiger partial charge in [-0.15, -0.1) is 0 Å². The molecule has 0 N–H and O–H groups in total. The van der Waals surface area contributed by atoms with Gasteiger partial charge in [0, 0.05) is 5.02 Å². The van der Waals surface area contributed by atoms with Crippen molar-refractivity contribution in [3.8, 4) is 11.5 Å². The number of ether oxygens (including phenoxy) is 2. The van der Waals surface area contributed by atoms with Gasteiger partial charge in [-0.25, -0.2) is 4.79 Å². The Labute approximate surface area is 242 Å². The first-order valence-electron chi connectivity index (χ1n) is 12.0. The van der Waals surface area contributed by atoms with E-state index in [0.717, 1.165) is 28.1 Å². The lowest BCUT2D eigenvalue weighted by molar-refractivity contribution is -0.123. The Morgan fingerprint density at radius 1 is 1.03 bits per heavy atom. The minimum atomic E-state index is -0.596. The van der Waals surface area contributed by atoms with Crippen LogP contribution in [0.4, 0.5) is 4.79 Å². The van der Waals surface area contributed by atoms with Gasteiger partial charge in [0.1, 0.15) is 0 Å². The molecule has 0 bridgehead atoms. The van der Waals surface area contributed by atoms with Crippen molar-refractivity contribution in [2.24, 2.45) is 0 Å². The smallest absolute Gasteiger partial charge is 0.343 e. The molecule has 0 spiro atoms. The van der Waals surface area contributed by atoms with E-state index in [4.69, 9.17) is 21.1 Å². The standard InChI is InChI=1S/C30H21BrClNO5S/c1-2-37-25-14-18(13-24(31)27(25)38-29(35)20-9-6-11-22(32)16-20)15-26-28(34)33(30(36)39-26)17-21-10-5-8-19-7-3-4-12-23(19)21/h3-16H,2,17H2,1H3/b26-15-. The SMILES string of the molecule is CCOc1cc(/C=C2\SC(=O)N(Cc3cccc4ccccc34)C2=O)cc(Br)c1OC(=O)c1cccc(Cl)c1. The van der Waals surface area contributed by atoms with Crippen LogP contribution in [-0.4, -0.2) is 28.6 Å². The lowest BCUT2D eigenvalue weighted by Gasteiger charge is -2.15. The fourth-order valence-corrected chi connectivity index (χ4v) is 5.76. The molecule has 0 radical (unpaired) electrons. The van der Waals surface area contributed by atoms with Crippen molar-refractivity contribution in [3.05, 3.63) is 110 Å². The molecule has 4 aromatic rings. The normalized spacial score (nSPS) is 14.3. The number of fused-ring (bicyclic) bond motifs is 1. The number of rotatable bonds is 7. The molecule has 1 heterocycles. The van der Waals surface area contributed by atoms with E-state index >= 15 is 0 Å². The minimum absolute atomic E-state index is 0.176. The van der Waals surface area contributed by atoms with Crippen LogP contribution < -0.4 is 9.47 Å². The van der Waals surface area contributed by atoms with E-state index in [9.17, 15) is 14.4 Å². The van der Waals surface area contributed by atoms with E-state index in [2.05, 4.69) is 15.9 Å². The van der Waals surface area contributed by atoms with Crippen LogP contribution >= 0.6 is 39.3 Å². The first kappa shape index (κ1) is 27.0. The monoisotopic (exact) mass is 621 g/mol. The van der Waals surface area contributed by atoms with Crippen molar-refractivity contribution >= 4 is 73.3 Å². The molecule has 0 atom stereocenters. The van der Waals surface area contributed by atoms with Crippen LogP contribution in [-0.2, 0) is 11.3 Å². The van der Waals surface area contributed by atoms with Crippen molar-refractivity contribution in [3.63, 3.8) is 0 Å². The zero-order chi connectivity index (χ0) is 27.5. The zero-order valence-corrected chi connectivity index (χ0v) is 23.8. The number of hydrogen-bond donors (Lipinski definition) is 0. The predicted octanol–water partition coefficient (Wildman–Crippen LogP) is 8.11. The summed E-state index contributed by atoms with van der Waals surface area (Å²) < 4.78 is 11.8. The fraction of sp³-hybridized carbons (Fsp3) is 0.100. The summed E-state index contributed by atoms with van der Waals surface area (Å²) in [6, 6.07) is 23.5. The highest BCUT2D eigenvalue weighted by molar-refractivity contribution is 9.10. The van der Waals surface area contributed by atoms with Gasteiger partial charge in [0.15, 0.2) is 11.5 Å². The Morgan fingerprint density at radius 3 is 2.59 bits per heavy atom. The summed E-state index contributed by atoms with van der Waals surface area (Å²) in [7, 11) is 0. The molecule has 1 aliphatic heterocycles. The Morgan fingerprint density at radius 2 is 1.79 bits per heavy atom. The molecule has 196 valence electrons. The quantitative estimate of drug-likeness (QED) is 0.118. The van der Waals surface area contributed by atoms with E-state index < -0.39 is 5.97 Å². The van der Waals surface area contributed by atoms with Gasteiger partial charge in [0.05, 0.1) is 28.1 Å². The number of amides is 2. The third-order valence-corrected chi connectivity index (χ3v) is 7.70. The maximum absolute atomic E-state index is 13.2. The molecule has 39 heavy (non-hydrogen) atoms. The summed E-state index contributed by atoms with van der Waals surface area (Å²) in [5, 5.41) is 2.12. The summed E-state index contributed by atoms with van der Waals surface area (Å²) in [4.78, 5) is 40.3. The zero-order valence-electron chi connectivity index (χ0n) is 20.6. The van der Waals surface area contributed by atoms with Gasteiger partial charge in [-0.2, -0.15) is 0 Å². The Hall–Kier alpha value is -3.59. The van der Waals surface area contributed by atoms with Crippen molar-refractivity contribution in [1.82, 2.24) is 4.90 Å². The summed E-state index contributed by atoms with van der Waals surface area (Å²) in [5.74, 6) is -0.462. The lowest BCUT2D eigenvalue weighted by Crippen LogP contribution is -2.27. The lowest BCUT2D eigenvalue weighted by atomic mass is 10.0. The molecular weight excluding hydrogens is 602 g/mol. The third kappa shape index (κ3) is 5.88. The van der Waals surface area contributed by atoms with Crippen molar-refractivity contribution in [1.29, 1.82) is 0 Å². The van der Waals surface area contributed by atoms with Crippen LogP contribution in [0.1, 0.15) is 28.4 Å². The van der Waals surface area contributed by atoms with E-state index in [1.54, 1.807) is 36.4 Å². The highest BCUT2D eigenvalue weighted by atomic mass is 79.9. The molecule has 0 aliphatic carbocycles. The first-order valence-corrected chi connectivity index (χ1v) is 14.0. The number of esters is 1. The number of carbonyl (C=O) groups excluding carboxylic acids is 3. The Kier molecular flexibility index (Phi) is 8.07. The molecule has 6 nitrogen and oxygen atoms in total. The number of benzene rings is 4. The average molecular weight is 623 g/mol. The highest BCUT2D eigenvalue weighted by Gasteiger charge is 2.35. The van der Waals surface area contributed by atoms with E-state index in [1.165, 1.54) is 11.0 Å². The molecule has 1 aliphatic rings. The van der Waals surface area contributed by atoms with Crippen LogP contribution in [0.2, 0.25) is 5.02 Å². The Balaban J connectivity index is 1.40. The topological polar surface area (TPSA) is 72.9 Å². The van der Waals surface area contributed by atoms with Crippen LogP contribution in [0, 0.1) is 0 Å². The predicted molar refractivity (Wildman–Crippen MR) is 157 cm³/mol. The number of hydrogen-bond acceptors (Lipinski definition) is 6. The number of imide groups is 1. The second-order valence-corrected chi connectivity index (χ2v) is 10.9. The van der Waals surface area contributed by atoms with Gasteiger partial charge in [-0.3, -0.25) is 14.5 Å². The second kappa shape index (κ2) is 11.7. The molecule has 0 aromatic heterocycles. The number of carbonyl (C=O) groups is 3. The van der Waals surface area contributed by atoms with Crippen LogP contribution in [0.3, 0.4) is 0 Å². The molecule has 2 amide bonds. The maximum atomic E-state index is 13.2. The molecule has 0 saturated carbocycles. The molecule has 9 heteroatoms. The van der Waals surface area contributed by atoms with E-state index in [-0.39, 0.29) is 23.4 Å². The molecule has 1 fully saturated rings. The van der Waals surface area contributed by atoms with Gasteiger partial charge in [0.2, 0.25) is 0 Å². The number of nitrogens with zero attached hydrogens (tertiary/aromatic N) is 1. The summed E-state index contributed by atoms with van der Waals surface area (Å²) in [5.41, 5.74) is 1.79. The summed E-state index contributed by atoms with van der Waals surface area (Å²) in [6.07, 6.45) is 1.63. The minimum Gasteiger partial charge on any atom is -0.490 e. The molecular formula is C30H21BrClNO5S. The van der Waals surface area contributed by atoms with Crippen molar-refractivity contribution < 1.29 is 23.9 Å². The molecule has 5 rings (SSSR count). The van der Waals surface area contributed by atoms with Gasteiger partial charge in [-0.05, 0) is 92.9 Å². The highest BCUT2D eigenvalue weighted by Crippen LogP contribution is 2.40. The summed E-state index contributed by atoms with van der Waals surface area (Å²) >= 11 is 10.3. The van der Waals surface area contributed by atoms with E-state index in [1.807, 2.05) is 49.4 Å². The average Bonchev–Trinajstić information content (AvgIpc) is 3.18. The van der Waals surface area contributed by atoms with Gasteiger partial charge in [0.25, 0.3) is 11.1 Å². The van der Waals surface area contributed by atoms with Crippen molar-refractivity contribution in [2.45, 2.75) is 13.5 Å². The second-order valence-electron chi connectivity index (χ2n) is 8.57. The van der Waals surface area contributed by atoms with Gasteiger partial charge in [-0.1, -0.05) is 60.1 Å². The van der Waals surface area contributed by atoms with Crippen LogP contribution in [0.5, 0.6) is 11.5 Å². The fourth-order valence-electron chi connectivity index (χ4n) is 4.19. The van der Waals surface area contributed by atoms with Gasteiger partial charge < -0.3 is 9.47 Å². The molecule has 1 saturated heterocycles. The molecule has 0 unspecified atom stereocenters. The van der Waals surface area contributed by atoms with Crippen LogP contribution in [0.15, 0.2) is 88.2 Å². The number of thioether (sulfide) groups is 1. The van der Waals surface area contributed by atoms with Gasteiger partial charge >= 0.3 is 5.97 Å². The molecule has 4 aromatic carbocycles. The summed E-state index contributed by atoms with van der Waals surface area (Å²) in [6.45, 7) is 2.30. The van der Waals surface area contributed by atoms with E-state index in [0.29, 0.717) is 37.9 Å². The number of halogens is 2. The maximum Gasteiger partial charge on any atom is 0.343 e. The largest absolute Gasteiger partial charge is 0.490 e. The van der Waals surface area contributed by atoms with Crippen molar-refractivity contribution in [2.75, 3.05) is 6.61 Å². The van der Waals surface area contributed by atoms with Crippen LogP contribution in [0.25, 0.3) is 16.8 Å². The Bertz CT molecular complexity index is 1650. The first-order chi connectivity index (χ1) is 18.8.